The van der Waals surface area contributed by atoms with Gasteiger partial charge in [-0.05, 0) is 50.1 Å². The van der Waals surface area contributed by atoms with E-state index in [1.54, 1.807) is 0 Å². The monoisotopic (exact) mass is 399 g/mol. The van der Waals surface area contributed by atoms with Crippen molar-refractivity contribution in [2.24, 2.45) is 5.73 Å². The van der Waals surface area contributed by atoms with E-state index in [0.29, 0.717) is 0 Å². The largest absolute Gasteiger partial charge is 0.493 e. The van der Waals surface area contributed by atoms with Crippen LogP contribution in [0.3, 0.4) is 0 Å². The van der Waals surface area contributed by atoms with Crippen molar-refractivity contribution in [3.63, 3.8) is 0 Å². The van der Waals surface area contributed by atoms with Crippen LogP contribution >= 0.6 is 0 Å². The second-order valence-corrected chi connectivity index (χ2v) is 6.63. The van der Waals surface area contributed by atoms with Gasteiger partial charge in [-0.3, -0.25) is 14.4 Å². The molecular formula is C21H25N3O5. The van der Waals surface area contributed by atoms with E-state index in [4.69, 9.17) is 15.2 Å². The van der Waals surface area contributed by atoms with Gasteiger partial charge in [0.15, 0.2) is 18.1 Å². The van der Waals surface area contributed by atoms with Crippen molar-refractivity contribution in [3.8, 4) is 11.5 Å². The van der Waals surface area contributed by atoms with Crippen LogP contribution in [0.2, 0.25) is 0 Å². The highest BCUT2D eigenvalue weighted by molar-refractivity contribution is 6.00. The minimum Gasteiger partial charge on any atom is -0.493 e. The lowest BCUT2D eigenvalue weighted by atomic mass is 10.1. The molecule has 154 valence electrons. The molecule has 0 aromatic heterocycles. The Morgan fingerprint density at radius 3 is 2.24 bits per heavy atom. The summed E-state index contributed by atoms with van der Waals surface area (Å²) in [5.74, 6) is -0.849. The molecule has 0 aliphatic carbocycles. The Bertz CT molecular complexity index is 917. The first-order chi connectivity index (χ1) is 13.7. The molecule has 4 N–H and O–H groups in total. The van der Waals surface area contributed by atoms with Crippen molar-refractivity contribution in [2.45, 2.75) is 20.8 Å². The van der Waals surface area contributed by atoms with Gasteiger partial charge in [0, 0.05) is 11.3 Å². The molecular weight excluding hydrogens is 374 g/mol. The third kappa shape index (κ3) is 5.97. The maximum Gasteiger partial charge on any atom is 0.255 e. The smallest absolute Gasteiger partial charge is 0.255 e. The molecule has 29 heavy (non-hydrogen) atoms. The normalized spacial score (nSPS) is 10.2. The van der Waals surface area contributed by atoms with Crippen LogP contribution in [0.4, 0.5) is 5.69 Å². The summed E-state index contributed by atoms with van der Waals surface area (Å²) in [4.78, 5) is 35.5. The van der Waals surface area contributed by atoms with E-state index < -0.39 is 11.8 Å². The van der Waals surface area contributed by atoms with Gasteiger partial charge in [-0.1, -0.05) is 17.7 Å². The number of amides is 3. The van der Waals surface area contributed by atoms with Crippen LogP contribution in [0.1, 0.15) is 27.0 Å². The van der Waals surface area contributed by atoms with Crippen molar-refractivity contribution < 1.29 is 23.9 Å². The number of ether oxygens (including phenoxy) is 2. The molecule has 8 heteroatoms. The van der Waals surface area contributed by atoms with Crippen molar-refractivity contribution in [1.29, 1.82) is 0 Å². The van der Waals surface area contributed by atoms with Crippen LogP contribution in [0, 0.1) is 20.8 Å². The van der Waals surface area contributed by atoms with Crippen molar-refractivity contribution >= 4 is 23.4 Å². The number of carbonyl (C=O) groups excluding carboxylic acids is 3. The molecule has 0 saturated heterocycles. The molecule has 2 aromatic rings. The summed E-state index contributed by atoms with van der Waals surface area (Å²) in [6.45, 7) is 5.34. The molecule has 0 saturated carbocycles. The van der Waals surface area contributed by atoms with Crippen LogP contribution < -0.4 is 25.8 Å². The molecule has 0 spiro atoms. The average Bonchev–Trinajstić information content (AvgIpc) is 2.67. The Labute approximate surface area is 169 Å². The van der Waals surface area contributed by atoms with E-state index >= 15 is 0 Å². The number of nitrogens with one attached hydrogen (secondary N) is 2. The molecule has 0 fully saturated rings. The van der Waals surface area contributed by atoms with Crippen molar-refractivity contribution in [2.75, 3.05) is 25.6 Å². The molecule has 0 aliphatic heterocycles. The van der Waals surface area contributed by atoms with Crippen LogP contribution in [-0.4, -0.2) is 38.0 Å². The van der Waals surface area contributed by atoms with Crippen molar-refractivity contribution in [3.05, 3.63) is 52.6 Å². The quantitative estimate of drug-likeness (QED) is 0.626. The van der Waals surface area contributed by atoms with Crippen LogP contribution in [-0.2, 0) is 9.59 Å². The number of aryl methyl sites for hydroxylation is 3. The van der Waals surface area contributed by atoms with Crippen LogP contribution in [0.15, 0.2) is 30.3 Å². The van der Waals surface area contributed by atoms with Gasteiger partial charge in [0.25, 0.3) is 11.8 Å². The Kier molecular flexibility index (Phi) is 7.19. The second-order valence-electron chi connectivity index (χ2n) is 6.63. The fraction of sp³-hybridized carbons (Fsp3) is 0.286. The van der Waals surface area contributed by atoms with Gasteiger partial charge in [0.2, 0.25) is 5.91 Å². The highest BCUT2D eigenvalue weighted by Crippen LogP contribution is 2.28. The zero-order chi connectivity index (χ0) is 21.6. The van der Waals surface area contributed by atoms with Gasteiger partial charge < -0.3 is 25.8 Å². The van der Waals surface area contributed by atoms with E-state index in [1.165, 1.54) is 25.3 Å². The molecule has 3 amide bonds. The first-order valence-corrected chi connectivity index (χ1v) is 8.96. The van der Waals surface area contributed by atoms with Crippen LogP contribution in [0.5, 0.6) is 11.5 Å². The molecule has 0 unspecified atom stereocenters. The van der Waals surface area contributed by atoms with E-state index in [2.05, 4.69) is 10.6 Å². The topological polar surface area (TPSA) is 120 Å². The fourth-order valence-electron chi connectivity index (χ4n) is 2.90. The molecule has 0 radical (unpaired) electrons. The van der Waals surface area contributed by atoms with Crippen molar-refractivity contribution in [1.82, 2.24) is 5.32 Å². The Morgan fingerprint density at radius 2 is 1.66 bits per heavy atom. The molecule has 0 heterocycles. The number of benzene rings is 2. The van der Waals surface area contributed by atoms with Crippen LogP contribution in [0.25, 0.3) is 0 Å². The van der Waals surface area contributed by atoms with E-state index in [-0.39, 0.29) is 36.1 Å². The highest BCUT2D eigenvalue weighted by Gasteiger charge is 2.14. The number of rotatable bonds is 8. The number of nitrogens with two attached hydrogens (primary N) is 1. The van der Waals surface area contributed by atoms with Gasteiger partial charge in [0.05, 0.1) is 13.7 Å². The Hall–Kier alpha value is -3.55. The summed E-state index contributed by atoms with van der Waals surface area (Å²) in [6, 6.07) is 8.42. The minimum absolute atomic E-state index is 0.187. The summed E-state index contributed by atoms with van der Waals surface area (Å²) in [5, 5.41) is 5.40. The lowest BCUT2D eigenvalue weighted by Gasteiger charge is -2.14. The Morgan fingerprint density at radius 1 is 1.00 bits per heavy atom. The first-order valence-electron chi connectivity index (χ1n) is 8.96. The maximum atomic E-state index is 12.4. The minimum atomic E-state index is -0.626. The number of methoxy groups -OCH3 is 1. The third-order valence-corrected chi connectivity index (χ3v) is 4.15. The predicted molar refractivity (Wildman–Crippen MR) is 109 cm³/mol. The SMILES string of the molecule is COc1cc(C(=O)NCC(=O)Nc2c(C)cc(C)cc2C)ccc1OCC(N)=O. The summed E-state index contributed by atoms with van der Waals surface area (Å²) < 4.78 is 10.4. The molecule has 0 aliphatic rings. The Balaban J connectivity index is 2.00. The lowest BCUT2D eigenvalue weighted by molar-refractivity contribution is -0.120. The number of hydrogen-bond donors (Lipinski definition) is 3. The zero-order valence-electron chi connectivity index (χ0n) is 16.9. The third-order valence-electron chi connectivity index (χ3n) is 4.15. The summed E-state index contributed by atoms with van der Waals surface area (Å²) in [6.07, 6.45) is 0. The number of carbonyl (C=O) groups is 3. The van der Waals surface area contributed by atoms with E-state index in [1.807, 2.05) is 32.9 Å². The number of primary amides is 1. The van der Waals surface area contributed by atoms with Gasteiger partial charge in [-0.2, -0.15) is 0 Å². The van der Waals surface area contributed by atoms with Gasteiger partial charge in [0.1, 0.15) is 0 Å². The summed E-state index contributed by atoms with van der Waals surface area (Å²) >= 11 is 0. The van der Waals surface area contributed by atoms with Gasteiger partial charge in [-0.25, -0.2) is 0 Å². The summed E-state index contributed by atoms with van der Waals surface area (Å²) in [5.41, 5.74) is 9.10. The molecule has 2 aromatic carbocycles. The maximum absolute atomic E-state index is 12.4. The number of hydrogen-bond acceptors (Lipinski definition) is 5. The first kappa shape index (κ1) is 21.7. The zero-order valence-corrected chi connectivity index (χ0v) is 16.9. The van der Waals surface area contributed by atoms with E-state index in [0.717, 1.165) is 22.4 Å². The lowest BCUT2D eigenvalue weighted by Crippen LogP contribution is -2.33. The molecule has 2 rings (SSSR count). The summed E-state index contributed by atoms with van der Waals surface area (Å²) in [7, 11) is 1.41. The standard InChI is InChI=1S/C21H25N3O5/c1-12-7-13(2)20(14(3)8-12)24-19(26)10-23-21(27)15-5-6-16(17(9-15)28-4)29-11-18(22)25/h5-9H,10-11H2,1-4H3,(H2,22,25)(H,23,27)(H,24,26). The second kappa shape index (κ2) is 9.59. The van der Waals surface area contributed by atoms with Gasteiger partial charge in [-0.15, -0.1) is 0 Å². The number of anilines is 1. The molecule has 0 atom stereocenters. The highest BCUT2D eigenvalue weighted by atomic mass is 16.5. The van der Waals surface area contributed by atoms with Gasteiger partial charge >= 0.3 is 0 Å². The predicted octanol–water partition coefficient (Wildman–Crippen LogP) is 1.85. The fourth-order valence-corrected chi connectivity index (χ4v) is 2.90. The molecule has 0 bridgehead atoms. The van der Waals surface area contributed by atoms with E-state index in [9.17, 15) is 14.4 Å². The molecule has 8 nitrogen and oxygen atoms in total. The average molecular weight is 399 g/mol.